The lowest BCUT2D eigenvalue weighted by atomic mass is 10.2. The summed E-state index contributed by atoms with van der Waals surface area (Å²) in [7, 11) is 0. The molecule has 1 rings (SSSR count). The fraction of sp³-hybridized carbons (Fsp3) is 0.111. The first-order chi connectivity index (χ1) is 7.50. The maximum Gasteiger partial charge on any atom is 0.332 e. The molecule has 0 unspecified atom stereocenters. The normalized spacial score (nSPS) is 9.81. The number of aromatic hydroxyl groups is 1. The molecule has 1 aromatic rings. The molecule has 0 fully saturated rings. The van der Waals surface area contributed by atoms with E-state index in [1.54, 1.807) is 5.48 Å². The molecule has 0 saturated heterocycles. The SMILES string of the molecule is O=C(O)CONC(=O)c1ccc(F)cc1O. The molecule has 3 N–H and O–H groups in total. The Morgan fingerprint density at radius 1 is 1.44 bits per heavy atom. The Bertz CT molecular complexity index is 420. The third-order valence-corrected chi connectivity index (χ3v) is 1.56. The van der Waals surface area contributed by atoms with Crippen LogP contribution in [0.3, 0.4) is 0 Å². The van der Waals surface area contributed by atoms with Gasteiger partial charge in [-0.05, 0) is 12.1 Å². The maximum absolute atomic E-state index is 12.6. The number of rotatable bonds is 4. The van der Waals surface area contributed by atoms with Crippen LogP contribution in [-0.2, 0) is 9.63 Å². The number of carboxylic acid groups (broad SMARTS) is 1. The third kappa shape index (κ3) is 3.21. The molecule has 0 spiro atoms. The molecular formula is C9H8FNO5. The lowest BCUT2D eigenvalue weighted by Gasteiger charge is -2.05. The number of aliphatic carboxylic acids is 1. The highest BCUT2D eigenvalue weighted by atomic mass is 19.1. The van der Waals surface area contributed by atoms with E-state index >= 15 is 0 Å². The molecule has 0 atom stereocenters. The third-order valence-electron chi connectivity index (χ3n) is 1.56. The average Bonchev–Trinajstić information content (AvgIpc) is 2.16. The average molecular weight is 229 g/mol. The number of phenolic OH excluding ortho intramolecular Hbond substituents is 1. The molecule has 0 aliphatic carbocycles. The number of hydrogen-bond acceptors (Lipinski definition) is 4. The molecular weight excluding hydrogens is 221 g/mol. The topological polar surface area (TPSA) is 95.9 Å². The zero-order chi connectivity index (χ0) is 12.1. The van der Waals surface area contributed by atoms with Crippen molar-refractivity contribution >= 4 is 11.9 Å². The molecule has 0 aromatic heterocycles. The minimum absolute atomic E-state index is 0.216. The summed E-state index contributed by atoms with van der Waals surface area (Å²) >= 11 is 0. The van der Waals surface area contributed by atoms with E-state index in [1.807, 2.05) is 0 Å². The molecule has 1 amide bonds. The van der Waals surface area contributed by atoms with Gasteiger partial charge in [0.15, 0.2) is 6.61 Å². The lowest BCUT2D eigenvalue weighted by Crippen LogP contribution is -2.26. The van der Waals surface area contributed by atoms with Gasteiger partial charge in [0.25, 0.3) is 5.91 Å². The number of nitrogens with one attached hydrogen (secondary N) is 1. The van der Waals surface area contributed by atoms with E-state index in [-0.39, 0.29) is 5.56 Å². The molecule has 0 radical (unpaired) electrons. The first kappa shape index (κ1) is 11.9. The summed E-state index contributed by atoms with van der Waals surface area (Å²) in [5.74, 6) is -3.38. The molecule has 1 aromatic carbocycles. The molecule has 0 aliphatic heterocycles. The monoisotopic (exact) mass is 229 g/mol. The Morgan fingerprint density at radius 3 is 2.69 bits per heavy atom. The zero-order valence-electron chi connectivity index (χ0n) is 7.94. The van der Waals surface area contributed by atoms with Gasteiger partial charge in [0.1, 0.15) is 11.6 Å². The molecule has 0 saturated carbocycles. The number of benzene rings is 1. The van der Waals surface area contributed by atoms with Gasteiger partial charge in [-0.2, -0.15) is 0 Å². The fourth-order valence-electron chi connectivity index (χ4n) is 0.915. The lowest BCUT2D eigenvalue weighted by molar-refractivity contribution is -0.144. The second-order valence-electron chi connectivity index (χ2n) is 2.78. The highest BCUT2D eigenvalue weighted by Gasteiger charge is 2.12. The predicted octanol–water partition coefficient (Wildman–Crippen LogP) is 0.277. The number of amides is 1. The smallest absolute Gasteiger partial charge is 0.332 e. The van der Waals surface area contributed by atoms with Gasteiger partial charge in [-0.3, -0.25) is 9.63 Å². The second-order valence-corrected chi connectivity index (χ2v) is 2.78. The summed E-state index contributed by atoms with van der Waals surface area (Å²) < 4.78 is 12.6. The van der Waals surface area contributed by atoms with Crippen molar-refractivity contribution in [3.63, 3.8) is 0 Å². The van der Waals surface area contributed by atoms with Gasteiger partial charge in [0, 0.05) is 6.07 Å². The number of phenols is 1. The van der Waals surface area contributed by atoms with Crippen LogP contribution < -0.4 is 5.48 Å². The van der Waals surface area contributed by atoms with Gasteiger partial charge in [-0.25, -0.2) is 14.7 Å². The minimum Gasteiger partial charge on any atom is -0.507 e. The van der Waals surface area contributed by atoms with Crippen LogP contribution in [0.15, 0.2) is 18.2 Å². The van der Waals surface area contributed by atoms with Crippen LogP contribution in [0.2, 0.25) is 0 Å². The first-order valence-corrected chi connectivity index (χ1v) is 4.13. The number of carbonyl (C=O) groups excluding carboxylic acids is 1. The summed E-state index contributed by atoms with van der Waals surface area (Å²) in [6.07, 6.45) is 0. The molecule has 86 valence electrons. The summed E-state index contributed by atoms with van der Waals surface area (Å²) in [5, 5.41) is 17.4. The van der Waals surface area contributed by atoms with Gasteiger partial charge in [0.05, 0.1) is 5.56 Å². The Hall–Kier alpha value is -2.15. The molecule has 6 nitrogen and oxygen atoms in total. The van der Waals surface area contributed by atoms with Crippen LogP contribution in [0.1, 0.15) is 10.4 Å². The standard InChI is InChI=1S/C9H8FNO5/c10-5-1-2-6(7(12)3-5)9(15)11-16-4-8(13)14/h1-3,12H,4H2,(H,11,15)(H,13,14). The number of hydroxylamine groups is 1. The van der Waals surface area contributed by atoms with E-state index in [0.717, 1.165) is 18.2 Å². The quantitative estimate of drug-likeness (QED) is 0.644. The summed E-state index contributed by atoms with van der Waals surface area (Å²) in [5.41, 5.74) is 1.57. The van der Waals surface area contributed by atoms with Crippen LogP contribution in [0.4, 0.5) is 4.39 Å². The van der Waals surface area contributed by atoms with Crippen molar-refractivity contribution in [1.29, 1.82) is 0 Å². The van der Waals surface area contributed by atoms with Crippen molar-refractivity contribution in [2.45, 2.75) is 0 Å². The summed E-state index contributed by atoms with van der Waals surface area (Å²) in [6, 6.07) is 2.78. The number of hydrogen-bond donors (Lipinski definition) is 3. The van der Waals surface area contributed by atoms with Crippen LogP contribution in [0.5, 0.6) is 5.75 Å². The van der Waals surface area contributed by atoms with Crippen molar-refractivity contribution in [3.8, 4) is 5.75 Å². The fourth-order valence-corrected chi connectivity index (χ4v) is 0.915. The van der Waals surface area contributed by atoms with Gasteiger partial charge >= 0.3 is 5.97 Å². The predicted molar refractivity (Wildman–Crippen MR) is 49.1 cm³/mol. The van der Waals surface area contributed by atoms with E-state index < -0.39 is 30.1 Å². The molecule has 0 aliphatic rings. The summed E-state index contributed by atoms with van der Waals surface area (Å²) in [6.45, 7) is -0.715. The summed E-state index contributed by atoms with van der Waals surface area (Å²) in [4.78, 5) is 25.6. The van der Waals surface area contributed by atoms with Crippen molar-refractivity contribution in [1.82, 2.24) is 5.48 Å². The van der Waals surface area contributed by atoms with Crippen LogP contribution in [0, 0.1) is 5.82 Å². The Balaban J connectivity index is 2.63. The molecule has 0 heterocycles. The zero-order valence-corrected chi connectivity index (χ0v) is 7.94. The molecule has 0 bridgehead atoms. The van der Waals surface area contributed by atoms with E-state index in [4.69, 9.17) is 5.11 Å². The van der Waals surface area contributed by atoms with Crippen LogP contribution >= 0.6 is 0 Å². The Kier molecular flexibility index (Phi) is 3.78. The van der Waals surface area contributed by atoms with E-state index in [1.165, 1.54) is 0 Å². The molecule has 7 heteroatoms. The van der Waals surface area contributed by atoms with Gasteiger partial charge in [-0.15, -0.1) is 0 Å². The van der Waals surface area contributed by atoms with Crippen molar-refractivity contribution < 1.29 is 29.0 Å². The highest BCUT2D eigenvalue weighted by Crippen LogP contribution is 2.17. The van der Waals surface area contributed by atoms with E-state index in [2.05, 4.69) is 4.84 Å². The van der Waals surface area contributed by atoms with Crippen LogP contribution in [0.25, 0.3) is 0 Å². The van der Waals surface area contributed by atoms with Gasteiger partial charge in [0.2, 0.25) is 0 Å². The van der Waals surface area contributed by atoms with Crippen LogP contribution in [-0.4, -0.2) is 28.7 Å². The van der Waals surface area contributed by atoms with Gasteiger partial charge < -0.3 is 10.2 Å². The van der Waals surface area contributed by atoms with Crippen molar-refractivity contribution in [2.24, 2.45) is 0 Å². The number of carbonyl (C=O) groups is 2. The Labute approximate surface area is 89.2 Å². The largest absolute Gasteiger partial charge is 0.507 e. The number of carboxylic acids is 1. The van der Waals surface area contributed by atoms with E-state index in [0.29, 0.717) is 0 Å². The van der Waals surface area contributed by atoms with E-state index in [9.17, 15) is 19.1 Å². The Morgan fingerprint density at radius 2 is 2.12 bits per heavy atom. The first-order valence-electron chi connectivity index (χ1n) is 4.13. The second kappa shape index (κ2) is 5.08. The maximum atomic E-state index is 12.6. The highest BCUT2D eigenvalue weighted by molar-refractivity contribution is 5.96. The molecule has 16 heavy (non-hydrogen) atoms. The van der Waals surface area contributed by atoms with Gasteiger partial charge in [-0.1, -0.05) is 0 Å². The van der Waals surface area contributed by atoms with Crippen molar-refractivity contribution in [2.75, 3.05) is 6.61 Å². The number of halogens is 1. The minimum atomic E-state index is -1.26. The van der Waals surface area contributed by atoms with Crippen molar-refractivity contribution in [3.05, 3.63) is 29.6 Å².